The van der Waals surface area contributed by atoms with Gasteiger partial charge in [-0.05, 0) is 30.4 Å². The summed E-state index contributed by atoms with van der Waals surface area (Å²) in [5.41, 5.74) is -1.80. The summed E-state index contributed by atoms with van der Waals surface area (Å²) < 4.78 is 93.4. The molecule has 0 heterocycles. The van der Waals surface area contributed by atoms with Crippen molar-refractivity contribution >= 4 is 34.4 Å². The monoisotopic (exact) mass is 471 g/mol. The van der Waals surface area contributed by atoms with Gasteiger partial charge in [0.05, 0.1) is 22.2 Å². The third-order valence-electron chi connectivity index (χ3n) is 3.56. The van der Waals surface area contributed by atoms with Gasteiger partial charge in [0, 0.05) is 17.8 Å². The van der Waals surface area contributed by atoms with E-state index in [1.165, 1.54) is 6.07 Å². The van der Waals surface area contributed by atoms with Gasteiger partial charge in [0.25, 0.3) is 5.69 Å². The lowest BCUT2D eigenvalue weighted by atomic mass is 10.2. The summed E-state index contributed by atoms with van der Waals surface area (Å²) in [4.78, 5) is 10.1. The lowest BCUT2D eigenvalue weighted by molar-refractivity contribution is -0.384. The first kappa shape index (κ1) is 24.1. The zero-order valence-corrected chi connectivity index (χ0v) is 15.9. The molecule has 0 amide bonds. The molecule has 14 heteroatoms. The maximum absolute atomic E-state index is 13.0. The molecule has 0 unspecified atom stereocenters. The van der Waals surface area contributed by atoms with E-state index in [0.717, 1.165) is 36.4 Å². The van der Waals surface area contributed by atoms with Gasteiger partial charge in [0.1, 0.15) is 5.75 Å². The largest absolute Gasteiger partial charge is 0.487 e. The predicted molar refractivity (Wildman–Crippen MR) is 101 cm³/mol. The zero-order chi connectivity index (χ0) is 23.4. The number of nitro groups is 1. The Balaban J connectivity index is 2.17. The topological polar surface area (TPSA) is 76.4 Å². The van der Waals surface area contributed by atoms with Gasteiger partial charge in [0.2, 0.25) is 0 Å². The molecule has 0 aliphatic carbocycles. The van der Waals surface area contributed by atoms with Gasteiger partial charge in [-0.2, -0.15) is 22.0 Å². The maximum atomic E-state index is 13.0. The lowest BCUT2D eigenvalue weighted by Crippen LogP contribution is -2.33. The van der Waals surface area contributed by atoms with Crippen molar-refractivity contribution < 1.29 is 40.4 Å². The Labute approximate surface area is 175 Å². The van der Waals surface area contributed by atoms with Crippen molar-refractivity contribution in [3.05, 3.63) is 58.1 Å². The molecule has 6 nitrogen and oxygen atoms in total. The Morgan fingerprint density at radius 3 is 2.29 bits per heavy atom. The third kappa shape index (κ3) is 6.94. The number of rotatable bonds is 7. The number of thiocarbonyl (C=S) groups is 1. The van der Waals surface area contributed by atoms with E-state index in [2.05, 4.69) is 15.4 Å². The minimum Gasteiger partial charge on any atom is -0.487 e. The van der Waals surface area contributed by atoms with Gasteiger partial charge in [-0.1, -0.05) is 6.07 Å². The van der Waals surface area contributed by atoms with E-state index in [1.807, 2.05) is 0 Å². The minimum absolute atomic E-state index is 0.0502. The number of nitrogens with one attached hydrogen (secondary N) is 2. The van der Waals surface area contributed by atoms with E-state index < -0.39 is 47.1 Å². The molecule has 0 bridgehead atoms. The van der Waals surface area contributed by atoms with Gasteiger partial charge in [0.15, 0.2) is 11.7 Å². The van der Waals surface area contributed by atoms with E-state index in [0.29, 0.717) is 0 Å². The Morgan fingerprint density at radius 1 is 1.06 bits per heavy atom. The van der Waals surface area contributed by atoms with Crippen LogP contribution in [0.5, 0.6) is 5.75 Å². The van der Waals surface area contributed by atoms with Gasteiger partial charge in [-0.15, -0.1) is 0 Å². The number of non-ortho nitro benzene ring substituents is 1. The van der Waals surface area contributed by atoms with Crippen LogP contribution < -0.4 is 15.4 Å². The van der Waals surface area contributed by atoms with Crippen LogP contribution in [-0.4, -0.2) is 29.0 Å². The van der Waals surface area contributed by atoms with Crippen molar-refractivity contribution in [3.8, 4) is 5.75 Å². The van der Waals surface area contributed by atoms with E-state index in [4.69, 9.17) is 12.2 Å². The average molecular weight is 471 g/mol. The van der Waals surface area contributed by atoms with Crippen molar-refractivity contribution in [2.24, 2.45) is 0 Å². The minimum atomic E-state index is -4.60. The lowest BCUT2D eigenvalue weighted by Gasteiger charge is -2.17. The van der Waals surface area contributed by atoms with Crippen LogP contribution in [0.4, 0.5) is 47.8 Å². The van der Waals surface area contributed by atoms with Crippen LogP contribution in [0.15, 0.2) is 42.5 Å². The molecule has 0 aliphatic heterocycles. The third-order valence-corrected chi connectivity index (χ3v) is 3.76. The molecule has 31 heavy (non-hydrogen) atoms. The van der Waals surface area contributed by atoms with Crippen molar-refractivity contribution in [3.63, 3.8) is 0 Å². The van der Waals surface area contributed by atoms with Crippen LogP contribution in [0.2, 0.25) is 0 Å². The Bertz CT molecular complexity index is 970. The molecule has 0 aromatic heterocycles. The first-order valence-corrected chi connectivity index (χ1v) is 8.52. The summed E-state index contributed by atoms with van der Waals surface area (Å²) in [5.74, 6) is -5.02. The number of halogens is 7. The number of benzene rings is 2. The number of hydrogen-bond donors (Lipinski definition) is 2. The van der Waals surface area contributed by atoms with Crippen molar-refractivity contribution in [1.29, 1.82) is 0 Å². The van der Waals surface area contributed by atoms with Gasteiger partial charge in [-0.25, -0.2) is 8.78 Å². The number of alkyl halides is 7. The van der Waals surface area contributed by atoms with Crippen molar-refractivity contribution in [2.45, 2.75) is 18.5 Å². The van der Waals surface area contributed by atoms with Crippen LogP contribution in [-0.2, 0) is 6.18 Å². The molecular weight excluding hydrogens is 459 g/mol. The maximum Gasteiger partial charge on any atom is 0.416 e. The fraction of sp³-hybridized carbons (Fsp3) is 0.235. The molecule has 0 saturated carbocycles. The highest BCUT2D eigenvalue weighted by Crippen LogP contribution is 2.31. The average Bonchev–Trinajstić information content (AvgIpc) is 2.65. The zero-order valence-electron chi connectivity index (χ0n) is 15.1. The molecule has 0 radical (unpaired) electrons. The summed E-state index contributed by atoms with van der Waals surface area (Å²) in [5, 5.41) is 15.6. The molecule has 2 aromatic rings. The summed E-state index contributed by atoms with van der Waals surface area (Å²) in [6.07, 6.45) is -8.60. The molecular formula is C17H12F7N3O3S. The molecule has 0 aliphatic rings. The SMILES string of the molecule is O=[N+]([O-])c1cc(NC(=S)Nc2cccc(C(F)(F)F)c2)cc(OCC(F)(F)C(F)F)c1. The Kier molecular flexibility index (Phi) is 7.25. The fourth-order valence-corrected chi connectivity index (χ4v) is 2.39. The normalized spacial score (nSPS) is 11.9. The van der Waals surface area contributed by atoms with Crippen LogP contribution in [0.3, 0.4) is 0 Å². The van der Waals surface area contributed by atoms with Gasteiger partial charge in [-0.3, -0.25) is 10.1 Å². The second kappa shape index (κ2) is 9.32. The van der Waals surface area contributed by atoms with Crippen LogP contribution >= 0.6 is 12.2 Å². The van der Waals surface area contributed by atoms with Gasteiger partial charge >= 0.3 is 18.5 Å². The van der Waals surface area contributed by atoms with Crippen LogP contribution in [0.25, 0.3) is 0 Å². The summed E-state index contributed by atoms with van der Waals surface area (Å²) in [6.45, 7) is -1.74. The quantitative estimate of drug-likeness (QED) is 0.234. The van der Waals surface area contributed by atoms with Crippen molar-refractivity contribution in [1.82, 2.24) is 0 Å². The first-order chi connectivity index (χ1) is 14.3. The molecule has 0 fully saturated rings. The molecule has 2 rings (SSSR count). The molecule has 0 spiro atoms. The second-order valence-corrected chi connectivity index (χ2v) is 6.39. The second-order valence-electron chi connectivity index (χ2n) is 5.98. The summed E-state index contributed by atoms with van der Waals surface area (Å²) in [6, 6.07) is 6.63. The number of nitro benzene ring substituents is 1. The number of nitrogens with zero attached hydrogens (tertiary/aromatic N) is 1. The molecule has 2 aromatic carbocycles. The summed E-state index contributed by atoms with van der Waals surface area (Å²) >= 11 is 4.93. The number of hydrogen-bond acceptors (Lipinski definition) is 4. The number of ether oxygens (including phenoxy) is 1. The highest BCUT2D eigenvalue weighted by Gasteiger charge is 2.41. The highest BCUT2D eigenvalue weighted by atomic mass is 32.1. The standard InChI is InChI=1S/C17H12F7N3O3S/c18-14(19)16(20,21)8-30-13-6-11(5-12(7-13)27(28)29)26-15(31)25-10-3-1-2-9(4-10)17(22,23)24/h1-7,14H,8H2,(H2,25,26,31). The van der Waals surface area contributed by atoms with E-state index in [-0.39, 0.29) is 16.5 Å². The van der Waals surface area contributed by atoms with Crippen LogP contribution in [0.1, 0.15) is 5.56 Å². The Morgan fingerprint density at radius 2 is 1.71 bits per heavy atom. The Hall–Kier alpha value is -3.16. The number of anilines is 2. The van der Waals surface area contributed by atoms with Crippen LogP contribution in [0, 0.1) is 10.1 Å². The van der Waals surface area contributed by atoms with E-state index in [9.17, 15) is 40.8 Å². The predicted octanol–water partition coefficient (Wildman–Crippen LogP) is 5.70. The summed E-state index contributed by atoms with van der Waals surface area (Å²) in [7, 11) is 0. The first-order valence-electron chi connectivity index (χ1n) is 8.11. The van der Waals surface area contributed by atoms with Gasteiger partial charge < -0.3 is 15.4 Å². The van der Waals surface area contributed by atoms with Crippen molar-refractivity contribution in [2.75, 3.05) is 17.2 Å². The van der Waals surface area contributed by atoms with E-state index in [1.54, 1.807) is 0 Å². The molecule has 168 valence electrons. The molecule has 0 atom stereocenters. The smallest absolute Gasteiger partial charge is 0.416 e. The molecule has 0 saturated heterocycles. The fourth-order valence-electron chi connectivity index (χ4n) is 2.15. The molecule has 2 N–H and O–H groups in total. The van der Waals surface area contributed by atoms with E-state index >= 15 is 0 Å². The highest BCUT2D eigenvalue weighted by molar-refractivity contribution is 7.80.